The van der Waals surface area contributed by atoms with E-state index in [1.165, 1.54) is 0 Å². The lowest BCUT2D eigenvalue weighted by atomic mass is 9.86. The summed E-state index contributed by atoms with van der Waals surface area (Å²) in [6.45, 7) is 4.74. The van der Waals surface area contributed by atoms with E-state index in [1.807, 2.05) is 83.9 Å². The summed E-state index contributed by atoms with van der Waals surface area (Å²) in [5, 5.41) is 16.2. The van der Waals surface area contributed by atoms with Crippen LogP contribution in [0.4, 0.5) is 0 Å². The zero-order chi connectivity index (χ0) is 23.0. The number of rotatable bonds is 5. The minimum Gasteiger partial charge on any atom is -0.495 e. The average Bonchev–Trinajstić information content (AvgIpc) is 3.45. The average molecular weight is 442 g/mol. The van der Waals surface area contributed by atoms with Crippen molar-refractivity contribution >= 4 is 12.2 Å². The molecule has 0 amide bonds. The third kappa shape index (κ3) is 3.96. The Morgan fingerprint density at radius 1 is 1.09 bits per heavy atom. The van der Waals surface area contributed by atoms with E-state index in [-0.39, 0.29) is 0 Å². The lowest BCUT2D eigenvalue weighted by molar-refractivity contribution is 0.0395. The van der Waals surface area contributed by atoms with E-state index in [4.69, 9.17) is 9.72 Å². The van der Waals surface area contributed by atoms with Crippen molar-refractivity contribution in [3.8, 4) is 11.4 Å². The molecule has 4 aromatic rings. The molecule has 0 saturated heterocycles. The number of aromatic nitrogens is 5. The Balaban J connectivity index is 1.43. The lowest BCUT2D eigenvalue weighted by Crippen LogP contribution is -2.35. The lowest BCUT2D eigenvalue weighted by Gasteiger charge is -2.31. The van der Waals surface area contributed by atoms with Gasteiger partial charge in [-0.15, -0.1) is 0 Å². The van der Waals surface area contributed by atoms with Gasteiger partial charge in [0.1, 0.15) is 11.4 Å². The fourth-order valence-electron chi connectivity index (χ4n) is 4.33. The van der Waals surface area contributed by atoms with Crippen LogP contribution in [0.15, 0.2) is 55.0 Å². The molecule has 1 unspecified atom stereocenters. The molecular weight excluding hydrogens is 414 g/mol. The summed E-state index contributed by atoms with van der Waals surface area (Å²) in [4.78, 5) is 8.99. The van der Waals surface area contributed by atoms with E-state index in [1.54, 1.807) is 13.4 Å². The molecule has 1 atom stereocenters. The van der Waals surface area contributed by atoms with Crippen LogP contribution in [-0.2, 0) is 12.1 Å². The summed E-state index contributed by atoms with van der Waals surface area (Å²) >= 11 is 0. The Labute approximate surface area is 193 Å². The second kappa shape index (κ2) is 8.33. The molecule has 2 aromatic carbocycles. The van der Waals surface area contributed by atoms with Gasteiger partial charge in [-0.25, -0.2) is 14.6 Å². The molecule has 0 saturated carbocycles. The maximum atomic E-state index is 11.5. The molecule has 7 nitrogen and oxygen atoms in total. The number of benzene rings is 2. The number of nitrogens with zero attached hydrogens (tertiary/aromatic N) is 5. The molecule has 1 aliphatic rings. The Morgan fingerprint density at radius 2 is 1.91 bits per heavy atom. The molecule has 0 aliphatic carbocycles. The maximum Gasteiger partial charge on any atom is 0.174 e. The first kappa shape index (κ1) is 21.2. The van der Waals surface area contributed by atoms with Gasteiger partial charge < -0.3 is 14.4 Å². The molecule has 2 aromatic heterocycles. The molecule has 168 valence electrons. The standard InChI is InChI=1S/C26H27N5O2/c1-18-5-9-21(10-6-18)26(32)13-4-14-31-25(26)28-24(29-31)12-8-20-7-11-22(23(15-20)33-3)30-16-19(2)27-17-30/h5-12,15-17,32H,4,13-14H2,1-3H3. The van der Waals surface area contributed by atoms with Crippen LogP contribution in [0.3, 0.4) is 0 Å². The van der Waals surface area contributed by atoms with Gasteiger partial charge >= 0.3 is 0 Å². The van der Waals surface area contributed by atoms with E-state index in [9.17, 15) is 5.11 Å². The number of hydrogen-bond donors (Lipinski definition) is 1. The largest absolute Gasteiger partial charge is 0.495 e. The number of fused-ring (bicyclic) bond motifs is 1. The van der Waals surface area contributed by atoms with Gasteiger partial charge in [0.2, 0.25) is 0 Å². The molecule has 7 heteroatoms. The number of aryl methyl sites for hydroxylation is 3. The highest BCUT2D eigenvalue weighted by molar-refractivity contribution is 5.69. The first-order chi connectivity index (χ1) is 16.0. The predicted octanol–water partition coefficient (Wildman–Crippen LogP) is 4.29. The first-order valence-electron chi connectivity index (χ1n) is 11.1. The molecule has 3 heterocycles. The van der Waals surface area contributed by atoms with Crippen molar-refractivity contribution in [1.29, 1.82) is 0 Å². The van der Waals surface area contributed by atoms with E-state index >= 15 is 0 Å². The monoisotopic (exact) mass is 441 g/mol. The Bertz CT molecular complexity index is 1320. The molecule has 1 N–H and O–H groups in total. The van der Waals surface area contributed by atoms with Crippen LogP contribution in [0.5, 0.6) is 5.75 Å². The summed E-state index contributed by atoms with van der Waals surface area (Å²) in [5.41, 5.74) is 3.73. The first-order valence-corrected chi connectivity index (χ1v) is 11.1. The Kier molecular flexibility index (Phi) is 5.34. The molecule has 0 radical (unpaired) electrons. The van der Waals surface area contributed by atoms with Gasteiger partial charge in [-0.1, -0.05) is 42.0 Å². The van der Waals surface area contributed by atoms with Crippen molar-refractivity contribution in [1.82, 2.24) is 24.3 Å². The topological polar surface area (TPSA) is 78.0 Å². The molecule has 1 aliphatic heterocycles. The van der Waals surface area contributed by atoms with Crippen LogP contribution in [0.1, 0.15) is 46.9 Å². The number of imidazole rings is 1. The van der Waals surface area contributed by atoms with Crippen LogP contribution in [0, 0.1) is 13.8 Å². The van der Waals surface area contributed by atoms with Crippen LogP contribution < -0.4 is 4.74 Å². The van der Waals surface area contributed by atoms with Crippen molar-refractivity contribution in [2.24, 2.45) is 0 Å². The van der Waals surface area contributed by atoms with Crippen LogP contribution in [-0.4, -0.2) is 36.5 Å². The van der Waals surface area contributed by atoms with Gasteiger partial charge in [0.15, 0.2) is 11.6 Å². The minimum absolute atomic E-state index is 0.575. The van der Waals surface area contributed by atoms with Crippen molar-refractivity contribution < 1.29 is 9.84 Å². The number of hydrogen-bond acceptors (Lipinski definition) is 5. The van der Waals surface area contributed by atoms with Gasteiger partial charge in [0.25, 0.3) is 0 Å². The fraction of sp³-hybridized carbons (Fsp3) is 0.269. The Hall–Kier alpha value is -3.71. The Morgan fingerprint density at radius 3 is 2.64 bits per heavy atom. The van der Waals surface area contributed by atoms with E-state index < -0.39 is 5.60 Å². The normalized spacial score (nSPS) is 17.9. The molecule has 0 bridgehead atoms. The van der Waals surface area contributed by atoms with Crippen molar-refractivity contribution in [3.63, 3.8) is 0 Å². The predicted molar refractivity (Wildman–Crippen MR) is 127 cm³/mol. The molecule has 5 rings (SSSR count). The highest BCUT2D eigenvalue weighted by Crippen LogP contribution is 2.36. The highest BCUT2D eigenvalue weighted by Gasteiger charge is 2.39. The van der Waals surface area contributed by atoms with Crippen molar-refractivity contribution in [3.05, 3.63) is 89.0 Å². The van der Waals surface area contributed by atoms with Crippen molar-refractivity contribution in [2.75, 3.05) is 7.11 Å². The summed E-state index contributed by atoms with van der Waals surface area (Å²) in [6, 6.07) is 14.0. The van der Waals surface area contributed by atoms with Crippen LogP contribution >= 0.6 is 0 Å². The van der Waals surface area contributed by atoms with E-state index in [2.05, 4.69) is 10.1 Å². The zero-order valence-corrected chi connectivity index (χ0v) is 19.1. The quantitative estimate of drug-likeness (QED) is 0.500. The molecule has 33 heavy (non-hydrogen) atoms. The van der Waals surface area contributed by atoms with Gasteiger partial charge in [0, 0.05) is 12.7 Å². The maximum absolute atomic E-state index is 11.5. The third-order valence-corrected chi connectivity index (χ3v) is 6.11. The van der Waals surface area contributed by atoms with Gasteiger partial charge in [-0.3, -0.25) is 0 Å². The highest BCUT2D eigenvalue weighted by atomic mass is 16.5. The molecule has 0 fully saturated rings. The van der Waals surface area contributed by atoms with Gasteiger partial charge in [0.05, 0.1) is 24.8 Å². The van der Waals surface area contributed by atoms with Gasteiger partial charge in [-0.05, 0) is 56.0 Å². The SMILES string of the molecule is COc1cc(C=Cc2nc3n(n2)CCCC3(O)c2ccc(C)cc2)ccc1-n1cnc(C)c1. The van der Waals surface area contributed by atoms with E-state index in [0.717, 1.165) is 46.8 Å². The summed E-state index contributed by atoms with van der Waals surface area (Å²) in [6.07, 6.45) is 9.04. The van der Waals surface area contributed by atoms with Crippen molar-refractivity contribution in [2.45, 2.75) is 38.8 Å². The number of methoxy groups -OCH3 is 1. The number of aliphatic hydroxyl groups is 1. The minimum atomic E-state index is -1.13. The third-order valence-electron chi connectivity index (χ3n) is 6.11. The van der Waals surface area contributed by atoms with E-state index in [0.29, 0.717) is 18.1 Å². The smallest absolute Gasteiger partial charge is 0.174 e. The summed E-state index contributed by atoms with van der Waals surface area (Å²) in [5.74, 6) is 1.92. The van der Waals surface area contributed by atoms with Crippen LogP contribution in [0.2, 0.25) is 0 Å². The second-order valence-corrected chi connectivity index (χ2v) is 8.53. The van der Waals surface area contributed by atoms with Gasteiger partial charge in [-0.2, -0.15) is 5.10 Å². The van der Waals surface area contributed by atoms with Crippen LogP contribution in [0.25, 0.3) is 17.8 Å². The summed E-state index contributed by atoms with van der Waals surface area (Å²) in [7, 11) is 1.66. The molecular formula is C26H27N5O2. The summed E-state index contributed by atoms with van der Waals surface area (Å²) < 4.78 is 9.37. The second-order valence-electron chi connectivity index (χ2n) is 8.53. The zero-order valence-electron chi connectivity index (χ0n) is 19.1. The fourth-order valence-corrected chi connectivity index (χ4v) is 4.33. The molecule has 0 spiro atoms. The number of ether oxygens (including phenoxy) is 1.